The van der Waals surface area contributed by atoms with Gasteiger partial charge >= 0.3 is 5.97 Å². The van der Waals surface area contributed by atoms with Crippen molar-refractivity contribution < 1.29 is 19.1 Å². The lowest BCUT2D eigenvalue weighted by molar-refractivity contribution is -0.115. The second-order valence-electron chi connectivity index (χ2n) is 4.81. The lowest BCUT2D eigenvalue weighted by Gasteiger charge is -2.08. The summed E-state index contributed by atoms with van der Waals surface area (Å²) in [5, 5.41) is 5.62. The Labute approximate surface area is 143 Å². The lowest BCUT2D eigenvalue weighted by Crippen LogP contribution is -2.32. The molecule has 0 saturated carbocycles. The van der Waals surface area contributed by atoms with Gasteiger partial charge in [-0.15, -0.1) is 0 Å². The van der Waals surface area contributed by atoms with Crippen LogP contribution in [0.1, 0.15) is 20.7 Å². The maximum atomic E-state index is 11.9. The fourth-order valence-electron chi connectivity index (χ4n) is 1.91. The minimum Gasteiger partial charge on any atom is -0.465 e. The molecular formula is C17H15ClN2O4. The van der Waals surface area contributed by atoms with Gasteiger partial charge in [-0.1, -0.05) is 17.7 Å². The number of carbonyl (C=O) groups is 3. The molecule has 6 nitrogen and oxygen atoms in total. The first kappa shape index (κ1) is 17.5. The highest BCUT2D eigenvalue weighted by molar-refractivity contribution is 6.30. The zero-order chi connectivity index (χ0) is 17.5. The Morgan fingerprint density at radius 1 is 1.04 bits per heavy atom. The number of rotatable bonds is 5. The molecule has 24 heavy (non-hydrogen) atoms. The standard InChI is InChI=1S/C17H15ClN2O4/c1-24-17(23)12-3-2-4-14(9-12)20-15(21)10-19-16(22)11-5-7-13(18)8-6-11/h2-9H,10H2,1H3,(H,19,22)(H,20,21). The summed E-state index contributed by atoms with van der Waals surface area (Å²) in [7, 11) is 1.28. The van der Waals surface area contributed by atoms with Gasteiger partial charge < -0.3 is 15.4 Å². The van der Waals surface area contributed by atoms with Crippen molar-refractivity contribution >= 4 is 35.1 Å². The Morgan fingerprint density at radius 3 is 2.42 bits per heavy atom. The first-order valence-electron chi connectivity index (χ1n) is 7.01. The molecule has 0 radical (unpaired) electrons. The highest BCUT2D eigenvalue weighted by atomic mass is 35.5. The topological polar surface area (TPSA) is 84.5 Å². The van der Waals surface area contributed by atoms with E-state index in [1.807, 2.05) is 0 Å². The smallest absolute Gasteiger partial charge is 0.337 e. The number of nitrogens with one attached hydrogen (secondary N) is 2. The summed E-state index contributed by atoms with van der Waals surface area (Å²) in [4.78, 5) is 35.2. The number of methoxy groups -OCH3 is 1. The van der Waals surface area contributed by atoms with Gasteiger partial charge in [-0.05, 0) is 42.5 Å². The molecule has 2 rings (SSSR count). The first-order valence-corrected chi connectivity index (χ1v) is 7.39. The van der Waals surface area contributed by atoms with Crippen LogP contribution in [0.15, 0.2) is 48.5 Å². The molecule has 0 atom stereocenters. The Hall–Kier alpha value is -2.86. The van der Waals surface area contributed by atoms with Crippen molar-refractivity contribution in [1.82, 2.24) is 5.32 Å². The number of ether oxygens (including phenoxy) is 1. The average molecular weight is 347 g/mol. The van der Waals surface area contributed by atoms with Gasteiger partial charge in [0.15, 0.2) is 0 Å². The number of anilines is 1. The maximum Gasteiger partial charge on any atom is 0.337 e. The Bertz CT molecular complexity index is 759. The van der Waals surface area contributed by atoms with Gasteiger partial charge in [-0.25, -0.2) is 4.79 Å². The average Bonchev–Trinajstić information content (AvgIpc) is 2.59. The molecule has 0 fully saturated rings. The van der Waals surface area contributed by atoms with Gasteiger partial charge in [-0.3, -0.25) is 9.59 Å². The summed E-state index contributed by atoms with van der Waals surface area (Å²) in [5.41, 5.74) is 1.16. The van der Waals surface area contributed by atoms with E-state index in [-0.39, 0.29) is 12.5 Å². The summed E-state index contributed by atoms with van der Waals surface area (Å²) in [6, 6.07) is 12.6. The zero-order valence-electron chi connectivity index (χ0n) is 12.8. The van der Waals surface area contributed by atoms with Crippen LogP contribution in [-0.4, -0.2) is 31.4 Å². The number of benzene rings is 2. The number of carbonyl (C=O) groups excluding carboxylic acids is 3. The largest absolute Gasteiger partial charge is 0.465 e. The fraction of sp³-hybridized carbons (Fsp3) is 0.118. The van der Waals surface area contributed by atoms with Crippen LogP contribution < -0.4 is 10.6 Å². The number of esters is 1. The summed E-state index contributed by atoms with van der Waals surface area (Å²) >= 11 is 5.75. The lowest BCUT2D eigenvalue weighted by atomic mass is 10.2. The van der Waals surface area contributed by atoms with Gasteiger partial charge in [0.1, 0.15) is 0 Å². The molecule has 2 amide bonds. The molecule has 0 bridgehead atoms. The third-order valence-corrected chi connectivity index (χ3v) is 3.34. The van der Waals surface area contributed by atoms with Gasteiger partial charge in [-0.2, -0.15) is 0 Å². The van der Waals surface area contributed by atoms with Crippen LogP contribution in [0.3, 0.4) is 0 Å². The van der Waals surface area contributed by atoms with Crippen LogP contribution in [-0.2, 0) is 9.53 Å². The fourth-order valence-corrected chi connectivity index (χ4v) is 2.04. The van der Waals surface area contributed by atoms with E-state index in [9.17, 15) is 14.4 Å². The molecular weight excluding hydrogens is 332 g/mol. The first-order chi connectivity index (χ1) is 11.5. The van der Waals surface area contributed by atoms with E-state index >= 15 is 0 Å². The normalized spacial score (nSPS) is 9.92. The predicted molar refractivity (Wildman–Crippen MR) is 90.2 cm³/mol. The molecule has 124 valence electrons. The molecule has 0 heterocycles. The van der Waals surface area contributed by atoms with Crippen LogP contribution >= 0.6 is 11.6 Å². The molecule has 0 aliphatic rings. The second kappa shape index (κ2) is 8.12. The van der Waals surface area contributed by atoms with Crippen molar-refractivity contribution in [1.29, 1.82) is 0 Å². The van der Waals surface area contributed by atoms with Gasteiger partial charge in [0, 0.05) is 16.3 Å². The quantitative estimate of drug-likeness (QED) is 0.815. The van der Waals surface area contributed by atoms with E-state index in [1.165, 1.54) is 13.2 Å². The predicted octanol–water partition coefficient (Wildman–Crippen LogP) is 2.50. The van der Waals surface area contributed by atoms with Crippen molar-refractivity contribution in [2.24, 2.45) is 0 Å². The molecule has 2 N–H and O–H groups in total. The van der Waals surface area contributed by atoms with E-state index in [4.69, 9.17) is 11.6 Å². The SMILES string of the molecule is COC(=O)c1cccc(NC(=O)CNC(=O)c2ccc(Cl)cc2)c1. The summed E-state index contributed by atoms with van der Waals surface area (Å²) in [5.74, 6) is -1.30. The molecule has 0 unspecified atom stereocenters. The number of hydrogen-bond acceptors (Lipinski definition) is 4. The van der Waals surface area contributed by atoms with E-state index in [0.717, 1.165) is 0 Å². The highest BCUT2D eigenvalue weighted by Gasteiger charge is 2.10. The van der Waals surface area contributed by atoms with E-state index in [0.29, 0.717) is 21.8 Å². The van der Waals surface area contributed by atoms with Crippen LogP contribution in [0.5, 0.6) is 0 Å². The summed E-state index contributed by atoms with van der Waals surface area (Å²) in [6.07, 6.45) is 0. The van der Waals surface area contributed by atoms with Crippen molar-refractivity contribution in [3.8, 4) is 0 Å². The number of amides is 2. The Kier molecular flexibility index (Phi) is 5.92. The summed E-state index contributed by atoms with van der Waals surface area (Å²) in [6.45, 7) is -0.204. The van der Waals surface area contributed by atoms with E-state index in [2.05, 4.69) is 15.4 Å². The summed E-state index contributed by atoms with van der Waals surface area (Å²) < 4.78 is 4.61. The van der Waals surface area contributed by atoms with Crippen molar-refractivity contribution in [2.75, 3.05) is 19.0 Å². The molecule has 0 aliphatic heterocycles. The third kappa shape index (κ3) is 4.82. The third-order valence-electron chi connectivity index (χ3n) is 3.08. The van der Waals surface area contributed by atoms with E-state index < -0.39 is 11.9 Å². The van der Waals surface area contributed by atoms with Crippen LogP contribution in [0.25, 0.3) is 0 Å². The van der Waals surface area contributed by atoms with Crippen LogP contribution in [0.2, 0.25) is 5.02 Å². The van der Waals surface area contributed by atoms with Crippen molar-refractivity contribution in [3.63, 3.8) is 0 Å². The Balaban J connectivity index is 1.90. The number of halogens is 1. The highest BCUT2D eigenvalue weighted by Crippen LogP contribution is 2.12. The van der Waals surface area contributed by atoms with Crippen LogP contribution in [0, 0.1) is 0 Å². The molecule has 2 aromatic carbocycles. The minimum absolute atomic E-state index is 0.204. The number of hydrogen-bond donors (Lipinski definition) is 2. The minimum atomic E-state index is -0.498. The van der Waals surface area contributed by atoms with Crippen LogP contribution in [0.4, 0.5) is 5.69 Å². The van der Waals surface area contributed by atoms with Gasteiger partial charge in [0.2, 0.25) is 5.91 Å². The second-order valence-corrected chi connectivity index (χ2v) is 5.25. The Morgan fingerprint density at radius 2 is 1.75 bits per heavy atom. The van der Waals surface area contributed by atoms with Gasteiger partial charge in [0.05, 0.1) is 19.2 Å². The molecule has 0 aromatic heterocycles. The molecule has 0 saturated heterocycles. The zero-order valence-corrected chi connectivity index (χ0v) is 13.6. The molecule has 0 spiro atoms. The maximum absolute atomic E-state index is 11.9. The molecule has 2 aromatic rings. The monoisotopic (exact) mass is 346 g/mol. The molecule has 7 heteroatoms. The molecule has 0 aliphatic carbocycles. The van der Waals surface area contributed by atoms with Gasteiger partial charge in [0.25, 0.3) is 5.91 Å². The van der Waals surface area contributed by atoms with Crippen molar-refractivity contribution in [2.45, 2.75) is 0 Å². The van der Waals surface area contributed by atoms with Crippen molar-refractivity contribution in [3.05, 3.63) is 64.7 Å². The van der Waals surface area contributed by atoms with E-state index in [1.54, 1.807) is 42.5 Å².